The molecule has 0 bridgehead atoms. The Morgan fingerprint density at radius 2 is 2.17 bits per heavy atom. The van der Waals surface area contributed by atoms with Crippen molar-refractivity contribution in [1.29, 1.82) is 0 Å². The van der Waals surface area contributed by atoms with Crippen molar-refractivity contribution in [2.45, 2.75) is 32.3 Å². The summed E-state index contributed by atoms with van der Waals surface area (Å²) in [4.78, 5) is 25.8. The molecule has 0 radical (unpaired) electrons. The molecule has 4 rings (SSSR count). The second kappa shape index (κ2) is 6.64. The highest BCUT2D eigenvalue weighted by Gasteiger charge is 2.29. The number of aryl methyl sites for hydroxylation is 1. The number of hydrogen-bond acceptors (Lipinski definition) is 6. The molecule has 0 spiro atoms. The van der Waals surface area contributed by atoms with E-state index in [0.717, 1.165) is 61.5 Å². The van der Waals surface area contributed by atoms with Crippen LogP contribution in [0.25, 0.3) is 10.2 Å². The maximum absolute atomic E-state index is 12.6. The predicted octanol–water partition coefficient (Wildman–Crippen LogP) is 2.22. The number of thiophene rings is 1. The van der Waals surface area contributed by atoms with Gasteiger partial charge in [-0.3, -0.25) is 4.79 Å². The number of fused-ring (bicyclic) bond motifs is 1. The summed E-state index contributed by atoms with van der Waals surface area (Å²) in [5, 5.41) is 2.13. The van der Waals surface area contributed by atoms with E-state index >= 15 is 0 Å². The lowest BCUT2D eigenvalue weighted by Gasteiger charge is -2.24. The summed E-state index contributed by atoms with van der Waals surface area (Å²) in [7, 11) is 0. The molecule has 4 heterocycles. The lowest BCUT2D eigenvalue weighted by Crippen LogP contribution is -2.41. The zero-order chi connectivity index (χ0) is 16.5. The maximum atomic E-state index is 12.6. The van der Waals surface area contributed by atoms with Crippen LogP contribution >= 0.6 is 11.3 Å². The smallest absolute Gasteiger partial charge is 0.251 e. The normalized spacial score (nSPS) is 22.1. The summed E-state index contributed by atoms with van der Waals surface area (Å²) >= 11 is 1.70. The minimum Gasteiger partial charge on any atom is -0.368 e. The summed E-state index contributed by atoms with van der Waals surface area (Å²) in [5.74, 6) is 1.17. The third kappa shape index (κ3) is 2.86. The monoisotopic (exact) mass is 346 g/mol. The van der Waals surface area contributed by atoms with E-state index in [9.17, 15) is 4.79 Å². The molecule has 0 N–H and O–H groups in total. The fraction of sp³-hybridized carbons (Fsp3) is 0.588. The van der Waals surface area contributed by atoms with Gasteiger partial charge < -0.3 is 14.5 Å². The Kier molecular flexibility index (Phi) is 4.37. The lowest BCUT2D eigenvalue weighted by atomic mass is 10.2. The van der Waals surface area contributed by atoms with Gasteiger partial charge in [-0.25, -0.2) is 9.97 Å². The molecule has 0 aromatic carbocycles. The van der Waals surface area contributed by atoms with Gasteiger partial charge in [0.2, 0.25) is 0 Å². The molecule has 2 aromatic rings. The Labute approximate surface area is 145 Å². The van der Waals surface area contributed by atoms with Crippen LogP contribution in [-0.2, 0) is 9.53 Å². The molecule has 128 valence electrons. The number of carbonyl (C=O) groups excluding carboxylic acids is 1. The largest absolute Gasteiger partial charge is 0.368 e. The van der Waals surface area contributed by atoms with E-state index in [4.69, 9.17) is 4.74 Å². The molecule has 7 heteroatoms. The first-order valence-corrected chi connectivity index (χ1v) is 9.46. The van der Waals surface area contributed by atoms with Gasteiger partial charge >= 0.3 is 0 Å². The third-order valence-electron chi connectivity index (χ3n) is 4.82. The van der Waals surface area contributed by atoms with Crippen LogP contribution in [0.3, 0.4) is 0 Å². The summed E-state index contributed by atoms with van der Waals surface area (Å²) in [6.45, 7) is 6.05. The van der Waals surface area contributed by atoms with Gasteiger partial charge in [-0.05, 0) is 37.1 Å². The Morgan fingerprint density at radius 1 is 1.25 bits per heavy atom. The van der Waals surface area contributed by atoms with Crippen molar-refractivity contribution in [1.82, 2.24) is 14.9 Å². The van der Waals surface area contributed by atoms with Crippen molar-refractivity contribution in [3.63, 3.8) is 0 Å². The highest BCUT2D eigenvalue weighted by Crippen LogP contribution is 2.31. The number of anilines is 1. The van der Waals surface area contributed by atoms with Crippen molar-refractivity contribution >= 4 is 33.3 Å². The number of nitrogens with zero attached hydrogens (tertiary/aromatic N) is 4. The summed E-state index contributed by atoms with van der Waals surface area (Å²) in [5.41, 5.74) is 2.24. The minimum absolute atomic E-state index is 0.161. The zero-order valence-electron chi connectivity index (χ0n) is 13.9. The average Bonchev–Trinajstić information content (AvgIpc) is 3.19. The van der Waals surface area contributed by atoms with Gasteiger partial charge in [0.1, 0.15) is 18.2 Å². The second-order valence-electron chi connectivity index (χ2n) is 6.46. The Bertz CT molecular complexity index is 741. The molecule has 2 fully saturated rings. The van der Waals surface area contributed by atoms with E-state index in [-0.39, 0.29) is 12.0 Å². The number of rotatable bonds is 2. The quantitative estimate of drug-likeness (QED) is 0.834. The average molecular weight is 346 g/mol. The first kappa shape index (κ1) is 15.8. The first-order chi connectivity index (χ1) is 11.7. The molecule has 6 nitrogen and oxygen atoms in total. The molecule has 0 aliphatic carbocycles. The van der Waals surface area contributed by atoms with E-state index in [2.05, 4.69) is 27.2 Å². The molecule has 2 aliphatic rings. The van der Waals surface area contributed by atoms with Crippen molar-refractivity contribution in [3.05, 3.63) is 17.3 Å². The molecule has 0 saturated carbocycles. The SMILES string of the molecule is Cc1csc2c(N3CCCN(C(=O)[C@H]4CCCO4)CC3)ncnc12. The van der Waals surface area contributed by atoms with Gasteiger partial charge in [0.05, 0.1) is 10.2 Å². The molecule has 1 amide bonds. The Morgan fingerprint density at radius 3 is 3.00 bits per heavy atom. The van der Waals surface area contributed by atoms with E-state index in [1.54, 1.807) is 17.7 Å². The zero-order valence-corrected chi connectivity index (χ0v) is 14.7. The number of hydrogen-bond donors (Lipinski definition) is 0. The van der Waals surface area contributed by atoms with Gasteiger partial charge in [0.15, 0.2) is 0 Å². The summed E-state index contributed by atoms with van der Waals surface area (Å²) in [6.07, 6.45) is 4.24. The Hall–Kier alpha value is -1.73. The van der Waals surface area contributed by atoms with Gasteiger partial charge in [-0.2, -0.15) is 0 Å². The molecule has 2 saturated heterocycles. The van der Waals surface area contributed by atoms with Crippen molar-refractivity contribution in [2.24, 2.45) is 0 Å². The molecular weight excluding hydrogens is 324 g/mol. The number of ether oxygens (including phenoxy) is 1. The summed E-state index contributed by atoms with van der Waals surface area (Å²) in [6, 6.07) is 0. The van der Waals surface area contributed by atoms with E-state index < -0.39 is 0 Å². The van der Waals surface area contributed by atoms with Crippen LogP contribution < -0.4 is 4.90 Å². The summed E-state index contributed by atoms with van der Waals surface area (Å²) < 4.78 is 6.70. The van der Waals surface area contributed by atoms with Gasteiger partial charge in [-0.1, -0.05) is 0 Å². The van der Waals surface area contributed by atoms with E-state index in [1.165, 1.54) is 5.56 Å². The standard InChI is InChI=1S/C17H22N4O2S/c1-12-10-24-15-14(12)18-11-19-16(15)20-5-3-6-21(8-7-20)17(22)13-4-2-9-23-13/h10-11,13H,2-9H2,1H3/t13-/m1/s1. The van der Waals surface area contributed by atoms with Crippen LogP contribution in [0.5, 0.6) is 0 Å². The topological polar surface area (TPSA) is 58.6 Å². The van der Waals surface area contributed by atoms with Crippen LogP contribution in [0.2, 0.25) is 0 Å². The van der Waals surface area contributed by atoms with Crippen LogP contribution in [0, 0.1) is 6.92 Å². The lowest BCUT2D eigenvalue weighted by molar-refractivity contribution is -0.140. The minimum atomic E-state index is -0.220. The molecular formula is C17H22N4O2S. The van der Waals surface area contributed by atoms with Crippen LogP contribution in [0.15, 0.2) is 11.7 Å². The van der Waals surface area contributed by atoms with Crippen molar-refractivity contribution < 1.29 is 9.53 Å². The highest BCUT2D eigenvalue weighted by molar-refractivity contribution is 7.18. The van der Waals surface area contributed by atoms with Gasteiger partial charge in [-0.15, -0.1) is 11.3 Å². The Balaban J connectivity index is 1.51. The third-order valence-corrected chi connectivity index (χ3v) is 5.91. The molecule has 1 atom stereocenters. The van der Waals surface area contributed by atoms with Crippen LogP contribution in [0.1, 0.15) is 24.8 Å². The van der Waals surface area contributed by atoms with Crippen LogP contribution in [-0.4, -0.2) is 59.7 Å². The fourth-order valence-electron chi connectivity index (χ4n) is 3.51. The van der Waals surface area contributed by atoms with Crippen molar-refractivity contribution in [2.75, 3.05) is 37.7 Å². The second-order valence-corrected chi connectivity index (χ2v) is 7.34. The number of carbonyl (C=O) groups is 1. The first-order valence-electron chi connectivity index (χ1n) is 8.58. The van der Waals surface area contributed by atoms with Gasteiger partial charge in [0, 0.05) is 32.8 Å². The van der Waals surface area contributed by atoms with Crippen molar-refractivity contribution in [3.8, 4) is 0 Å². The van der Waals surface area contributed by atoms with E-state index in [0.29, 0.717) is 6.61 Å². The van der Waals surface area contributed by atoms with Gasteiger partial charge in [0.25, 0.3) is 5.91 Å². The molecule has 2 aromatic heterocycles. The van der Waals surface area contributed by atoms with Crippen LogP contribution in [0.4, 0.5) is 5.82 Å². The number of amides is 1. The predicted molar refractivity (Wildman–Crippen MR) is 94.5 cm³/mol. The fourth-order valence-corrected chi connectivity index (χ4v) is 4.53. The highest BCUT2D eigenvalue weighted by atomic mass is 32.1. The van der Waals surface area contributed by atoms with E-state index in [1.807, 2.05) is 4.90 Å². The molecule has 2 aliphatic heterocycles. The maximum Gasteiger partial charge on any atom is 0.251 e. The number of aromatic nitrogens is 2. The molecule has 0 unspecified atom stereocenters. The molecule has 24 heavy (non-hydrogen) atoms.